The molecule has 1 atom stereocenters. The summed E-state index contributed by atoms with van der Waals surface area (Å²) >= 11 is 0. The Morgan fingerprint density at radius 2 is 1.84 bits per heavy atom. The van der Waals surface area contributed by atoms with Crippen LogP contribution in [0.4, 0.5) is 5.69 Å². The van der Waals surface area contributed by atoms with Crippen molar-refractivity contribution in [2.24, 2.45) is 5.92 Å². The molecule has 1 unspecified atom stereocenters. The van der Waals surface area contributed by atoms with Crippen molar-refractivity contribution < 1.29 is 4.79 Å². The Morgan fingerprint density at radius 3 is 2.55 bits per heavy atom. The van der Waals surface area contributed by atoms with Gasteiger partial charge in [-0.25, -0.2) is 4.68 Å². The molecule has 6 heteroatoms. The molecule has 2 aliphatic rings. The lowest BCUT2D eigenvalue weighted by Crippen LogP contribution is -2.33. The van der Waals surface area contributed by atoms with E-state index in [9.17, 15) is 4.79 Å². The number of benzene rings is 2. The van der Waals surface area contributed by atoms with Gasteiger partial charge in [0.15, 0.2) is 5.69 Å². The number of para-hydroxylation sites is 1. The molecule has 5 rings (SSSR count). The molecule has 2 fully saturated rings. The van der Waals surface area contributed by atoms with Gasteiger partial charge in [-0.1, -0.05) is 42.5 Å². The molecule has 1 saturated heterocycles. The molecular weight excluding hydrogens is 386 g/mol. The maximum absolute atomic E-state index is 13.0. The quantitative estimate of drug-likeness (QED) is 0.638. The summed E-state index contributed by atoms with van der Waals surface area (Å²) < 4.78 is 1.81. The number of carbonyl (C=O) groups is 1. The van der Waals surface area contributed by atoms with E-state index in [1.54, 1.807) is 0 Å². The summed E-state index contributed by atoms with van der Waals surface area (Å²) in [5.74, 6) is 0.934. The zero-order chi connectivity index (χ0) is 21.2. The number of hydrogen-bond acceptors (Lipinski definition) is 4. The van der Waals surface area contributed by atoms with E-state index in [-0.39, 0.29) is 5.91 Å². The van der Waals surface area contributed by atoms with Crippen molar-refractivity contribution in [2.75, 3.05) is 18.4 Å². The zero-order valence-electron chi connectivity index (χ0n) is 18.0. The van der Waals surface area contributed by atoms with Crippen molar-refractivity contribution in [1.82, 2.24) is 19.9 Å². The topological polar surface area (TPSA) is 63.1 Å². The highest BCUT2D eigenvalue weighted by Crippen LogP contribution is 2.42. The maximum Gasteiger partial charge on any atom is 0.278 e. The number of rotatable bonds is 6. The van der Waals surface area contributed by atoms with Crippen LogP contribution in [0.3, 0.4) is 0 Å². The number of amides is 1. The van der Waals surface area contributed by atoms with E-state index in [0.29, 0.717) is 11.6 Å². The first-order chi connectivity index (χ1) is 15.2. The van der Waals surface area contributed by atoms with Gasteiger partial charge in [-0.2, -0.15) is 0 Å². The van der Waals surface area contributed by atoms with Crippen LogP contribution < -0.4 is 5.32 Å². The first kappa shape index (κ1) is 19.9. The van der Waals surface area contributed by atoms with E-state index in [1.807, 2.05) is 47.1 Å². The minimum absolute atomic E-state index is 0.193. The van der Waals surface area contributed by atoms with Gasteiger partial charge in [0.05, 0.1) is 11.4 Å². The second kappa shape index (κ2) is 8.63. The first-order valence-corrected chi connectivity index (χ1v) is 11.3. The summed E-state index contributed by atoms with van der Waals surface area (Å²) in [5, 5.41) is 11.6. The van der Waals surface area contributed by atoms with Gasteiger partial charge in [-0.3, -0.25) is 9.69 Å². The minimum Gasteiger partial charge on any atom is -0.321 e. The van der Waals surface area contributed by atoms with E-state index in [2.05, 4.69) is 39.6 Å². The molecule has 1 aliphatic heterocycles. The van der Waals surface area contributed by atoms with E-state index in [0.717, 1.165) is 42.4 Å². The molecule has 6 nitrogen and oxygen atoms in total. The minimum atomic E-state index is -0.193. The van der Waals surface area contributed by atoms with E-state index in [1.165, 1.54) is 31.5 Å². The predicted molar refractivity (Wildman–Crippen MR) is 121 cm³/mol. The van der Waals surface area contributed by atoms with Crippen LogP contribution in [0.1, 0.15) is 60.3 Å². The van der Waals surface area contributed by atoms with Crippen LogP contribution in [0.25, 0.3) is 5.69 Å². The Kier molecular flexibility index (Phi) is 5.55. The molecule has 1 N–H and O–H groups in total. The maximum atomic E-state index is 13.0. The lowest BCUT2D eigenvalue weighted by Gasteiger charge is -2.30. The zero-order valence-corrected chi connectivity index (χ0v) is 18.0. The van der Waals surface area contributed by atoms with Crippen LogP contribution >= 0.6 is 0 Å². The fourth-order valence-corrected chi connectivity index (χ4v) is 4.51. The van der Waals surface area contributed by atoms with Gasteiger partial charge < -0.3 is 5.32 Å². The molecule has 2 heterocycles. The van der Waals surface area contributed by atoms with Crippen LogP contribution in [0.15, 0.2) is 54.6 Å². The number of nitrogens with one attached hydrogen (secondary N) is 1. The second-order valence-electron chi connectivity index (χ2n) is 8.98. The number of piperidine rings is 1. The van der Waals surface area contributed by atoms with Gasteiger partial charge in [-0.15, -0.1) is 5.10 Å². The summed E-state index contributed by atoms with van der Waals surface area (Å²) in [4.78, 5) is 15.5. The molecule has 1 aliphatic carbocycles. The van der Waals surface area contributed by atoms with Gasteiger partial charge in [0.25, 0.3) is 5.91 Å². The van der Waals surface area contributed by atoms with Crippen molar-refractivity contribution in [3.8, 4) is 5.69 Å². The fourth-order valence-electron chi connectivity index (χ4n) is 4.51. The Balaban J connectivity index is 1.29. The monoisotopic (exact) mass is 415 g/mol. The lowest BCUT2D eigenvalue weighted by molar-refractivity contribution is 0.102. The number of nitrogens with zero attached hydrogens (tertiary/aromatic N) is 4. The molecule has 0 radical (unpaired) electrons. The third kappa shape index (κ3) is 4.54. The predicted octanol–water partition coefficient (Wildman–Crippen LogP) is 4.63. The molecule has 1 saturated carbocycles. The van der Waals surface area contributed by atoms with E-state index >= 15 is 0 Å². The fraction of sp³-hybridized carbons (Fsp3) is 0.400. The van der Waals surface area contributed by atoms with Crippen molar-refractivity contribution in [3.05, 3.63) is 71.5 Å². The molecule has 3 aromatic rings. The van der Waals surface area contributed by atoms with Crippen LogP contribution in [0, 0.1) is 5.92 Å². The highest BCUT2D eigenvalue weighted by atomic mass is 16.2. The molecule has 31 heavy (non-hydrogen) atoms. The SMILES string of the molecule is CC1CCCN(Cc2ccc(NC(=O)c3nnn(-c4ccccc4)c3C3CC3)cc2)C1. The normalized spacial score (nSPS) is 19.3. The van der Waals surface area contributed by atoms with Gasteiger partial charge >= 0.3 is 0 Å². The second-order valence-corrected chi connectivity index (χ2v) is 8.98. The summed E-state index contributed by atoms with van der Waals surface area (Å²) in [6, 6.07) is 18.1. The van der Waals surface area contributed by atoms with Gasteiger partial charge in [0, 0.05) is 24.7 Å². The third-order valence-corrected chi connectivity index (χ3v) is 6.24. The summed E-state index contributed by atoms with van der Waals surface area (Å²) in [5.41, 5.74) is 4.35. The van der Waals surface area contributed by atoms with Crippen LogP contribution in [0.5, 0.6) is 0 Å². The van der Waals surface area contributed by atoms with Crippen LogP contribution in [0.2, 0.25) is 0 Å². The Morgan fingerprint density at radius 1 is 1.06 bits per heavy atom. The number of carbonyl (C=O) groups excluding carboxylic acids is 1. The Hall–Kier alpha value is -2.99. The molecular formula is C25H29N5O. The molecule has 160 valence electrons. The van der Waals surface area contributed by atoms with Crippen molar-refractivity contribution >= 4 is 11.6 Å². The number of likely N-dealkylation sites (tertiary alicyclic amines) is 1. The van der Waals surface area contributed by atoms with E-state index in [4.69, 9.17) is 0 Å². The highest BCUT2D eigenvalue weighted by Gasteiger charge is 2.34. The Bertz CT molecular complexity index is 1040. The standard InChI is InChI=1S/C25H29N5O/c1-18-6-5-15-29(16-18)17-19-9-13-21(14-10-19)26-25(31)23-24(20-11-12-20)30(28-27-23)22-7-3-2-4-8-22/h2-4,7-10,13-14,18,20H,5-6,11-12,15-17H2,1H3,(H,26,31). The number of aromatic nitrogens is 3. The molecule has 0 bridgehead atoms. The molecule has 1 aromatic heterocycles. The summed E-state index contributed by atoms with van der Waals surface area (Å²) in [6.07, 6.45) is 4.76. The lowest BCUT2D eigenvalue weighted by atomic mass is 10.00. The van der Waals surface area contributed by atoms with E-state index < -0.39 is 0 Å². The summed E-state index contributed by atoms with van der Waals surface area (Å²) in [6.45, 7) is 5.63. The smallest absolute Gasteiger partial charge is 0.278 e. The third-order valence-electron chi connectivity index (χ3n) is 6.24. The molecule has 0 spiro atoms. The van der Waals surface area contributed by atoms with Gasteiger partial charge in [-0.05, 0) is 68.0 Å². The largest absolute Gasteiger partial charge is 0.321 e. The van der Waals surface area contributed by atoms with Crippen LogP contribution in [-0.4, -0.2) is 38.9 Å². The first-order valence-electron chi connectivity index (χ1n) is 11.3. The average molecular weight is 416 g/mol. The van der Waals surface area contributed by atoms with Gasteiger partial charge in [0.1, 0.15) is 0 Å². The number of hydrogen-bond donors (Lipinski definition) is 1. The highest BCUT2D eigenvalue weighted by molar-refractivity contribution is 6.03. The molecule has 2 aromatic carbocycles. The summed E-state index contributed by atoms with van der Waals surface area (Å²) in [7, 11) is 0. The van der Waals surface area contributed by atoms with Crippen molar-refractivity contribution in [3.63, 3.8) is 0 Å². The Labute approximate surface area is 183 Å². The number of anilines is 1. The van der Waals surface area contributed by atoms with Crippen LogP contribution in [-0.2, 0) is 6.54 Å². The van der Waals surface area contributed by atoms with Gasteiger partial charge in [0.2, 0.25) is 0 Å². The van der Waals surface area contributed by atoms with Crippen molar-refractivity contribution in [2.45, 2.75) is 45.1 Å². The molecule has 1 amide bonds. The van der Waals surface area contributed by atoms with Crippen molar-refractivity contribution in [1.29, 1.82) is 0 Å². The average Bonchev–Trinajstić information content (AvgIpc) is 3.53.